The smallest absolute Gasteiger partial charge is 0.238 e. The van der Waals surface area contributed by atoms with Gasteiger partial charge in [0, 0.05) is 21.7 Å². The van der Waals surface area contributed by atoms with Gasteiger partial charge in [0.05, 0.1) is 11.0 Å². The van der Waals surface area contributed by atoms with Crippen LogP contribution >= 0.6 is 0 Å². The van der Waals surface area contributed by atoms with Crippen LogP contribution in [0.5, 0.6) is 0 Å². The summed E-state index contributed by atoms with van der Waals surface area (Å²) in [6.45, 7) is 1.92. The number of fused-ring (bicyclic) bond motifs is 5. The van der Waals surface area contributed by atoms with Crippen molar-refractivity contribution < 1.29 is 0 Å². The van der Waals surface area contributed by atoms with E-state index in [1.165, 1.54) is 21.5 Å². The molecule has 6 aromatic rings. The van der Waals surface area contributed by atoms with Crippen LogP contribution in [0.2, 0.25) is 0 Å². The van der Waals surface area contributed by atoms with E-state index in [1.54, 1.807) is 0 Å². The third kappa shape index (κ3) is 2.51. The average Bonchev–Trinajstić information content (AvgIpc) is 3.14. The van der Waals surface area contributed by atoms with Gasteiger partial charge in [-0.2, -0.15) is 9.97 Å². The molecule has 0 radical (unpaired) electrons. The molecule has 0 unspecified atom stereocenters. The Hall–Kier alpha value is -4.05. The molecule has 0 saturated carbocycles. The highest BCUT2D eigenvalue weighted by Gasteiger charge is 2.17. The predicted molar refractivity (Wildman–Crippen MR) is 122 cm³/mol. The molecule has 30 heavy (non-hydrogen) atoms. The van der Waals surface area contributed by atoms with Gasteiger partial charge in [0.1, 0.15) is 5.82 Å². The first-order valence-electron chi connectivity index (χ1n) is 9.99. The minimum absolute atomic E-state index is 0.643. The van der Waals surface area contributed by atoms with E-state index in [9.17, 15) is 0 Å². The number of nitrogens with zero attached hydrogens (tertiary/aromatic N) is 4. The Bertz CT molecular complexity index is 1550. The van der Waals surface area contributed by atoms with E-state index in [0.29, 0.717) is 17.6 Å². The van der Waals surface area contributed by atoms with Crippen molar-refractivity contribution in [3.63, 3.8) is 0 Å². The summed E-state index contributed by atoms with van der Waals surface area (Å²) in [4.78, 5) is 14.2. The largest absolute Gasteiger partial charge is 0.277 e. The molecule has 0 aliphatic heterocycles. The van der Waals surface area contributed by atoms with Crippen LogP contribution in [0.15, 0.2) is 91.0 Å². The molecule has 0 saturated heterocycles. The van der Waals surface area contributed by atoms with Gasteiger partial charge in [-0.15, -0.1) is 0 Å². The van der Waals surface area contributed by atoms with Gasteiger partial charge in [-0.25, -0.2) is 4.98 Å². The van der Waals surface area contributed by atoms with Crippen molar-refractivity contribution in [2.75, 3.05) is 0 Å². The first-order valence-corrected chi connectivity index (χ1v) is 9.99. The number of hydrogen-bond donors (Lipinski definition) is 0. The van der Waals surface area contributed by atoms with Crippen LogP contribution in [0, 0.1) is 6.92 Å². The number of aryl methyl sites for hydroxylation is 1. The standard InChI is InChI=1S/C26H18N4/c1-17-27-25(19-10-3-2-4-11-19)29-26(28-17)30-23-14-8-7-13-21(23)22-16-15-18-9-5-6-12-20(18)24(22)30/h2-16H,1H3. The molecule has 0 fully saturated rings. The minimum Gasteiger partial charge on any atom is -0.277 e. The highest BCUT2D eigenvalue weighted by atomic mass is 15.2. The van der Waals surface area contributed by atoms with Gasteiger partial charge in [-0.3, -0.25) is 4.57 Å². The second kappa shape index (κ2) is 6.49. The molecule has 4 aromatic carbocycles. The normalized spacial score (nSPS) is 11.5. The zero-order chi connectivity index (χ0) is 20.1. The van der Waals surface area contributed by atoms with Gasteiger partial charge >= 0.3 is 0 Å². The van der Waals surface area contributed by atoms with Crippen LogP contribution in [-0.2, 0) is 0 Å². The molecule has 2 heterocycles. The van der Waals surface area contributed by atoms with Crippen LogP contribution in [0.25, 0.3) is 49.9 Å². The van der Waals surface area contributed by atoms with Gasteiger partial charge in [0.2, 0.25) is 5.95 Å². The summed E-state index contributed by atoms with van der Waals surface area (Å²) < 4.78 is 2.17. The molecule has 6 rings (SSSR count). The molecule has 0 bridgehead atoms. The third-order valence-corrected chi connectivity index (χ3v) is 5.53. The quantitative estimate of drug-likeness (QED) is 0.361. The Balaban J connectivity index is 1.76. The van der Waals surface area contributed by atoms with Crippen LogP contribution in [0.1, 0.15) is 5.82 Å². The monoisotopic (exact) mass is 386 g/mol. The van der Waals surface area contributed by atoms with Crippen LogP contribution in [-0.4, -0.2) is 19.5 Å². The molecule has 142 valence electrons. The molecule has 4 nitrogen and oxygen atoms in total. The fourth-order valence-electron chi connectivity index (χ4n) is 4.22. The molecule has 0 aliphatic carbocycles. The molecule has 0 aliphatic rings. The van der Waals surface area contributed by atoms with E-state index in [-0.39, 0.29) is 0 Å². The van der Waals surface area contributed by atoms with Crippen molar-refractivity contribution in [1.29, 1.82) is 0 Å². The SMILES string of the molecule is Cc1nc(-c2ccccc2)nc(-n2c3ccccc3c3ccc4ccccc4c32)n1. The zero-order valence-corrected chi connectivity index (χ0v) is 16.4. The lowest BCUT2D eigenvalue weighted by atomic mass is 10.1. The van der Waals surface area contributed by atoms with E-state index in [2.05, 4.69) is 70.2 Å². The summed E-state index contributed by atoms with van der Waals surface area (Å²) in [5.74, 6) is 2.03. The molecule has 0 atom stereocenters. The highest BCUT2D eigenvalue weighted by molar-refractivity contribution is 6.18. The van der Waals surface area contributed by atoms with Crippen molar-refractivity contribution in [1.82, 2.24) is 19.5 Å². The fraction of sp³-hybridized carbons (Fsp3) is 0.0385. The van der Waals surface area contributed by atoms with Gasteiger partial charge in [-0.1, -0.05) is 84.9 Å². The molecule has 0 N–H and O–H groups in total. The van der Waals surface area contributed by atoms with E-state index < -0.39 is 0 Å². The Morgan fingerprint density at radius 2 is 1.33 bits per heavy atom. The third-order valence-electron chi connectivity index (χ3n) is 5.53. The summed E-state index contributed by atoms with van der Waals surface area (Å²) >= 11 is 0. The maximum Gasteiger partial charge on any atom is 0.238 e. The van der Waals surface area contributed by atoms with Gasteiger partial charge in [0.25, 0.3) is 0 Å². The van der Waals surface area contributed by atoms with E-state index >= 15 is 0 Å². The molecule has 2 aromatic heterocycles. The first-order chi connectivity index (χ1) is 14.8. The topological polar surface area (TPSA) is 43.6 Å². The zero-order valence-electron chi connectivity index (χ0n) is 16.4. The lowest BCUT2D eigenvalue weighted by Crippen LogP contribution is -2.06. The molecular formula is C26H18N4. The van der Waals surface area contributed by atoms with Crippen LogP contribution in [0.3, 0.4) is 0 Å². The van der Waals surface area contributed by atoms with Crippen LogP contribution in [0.4, 0.5) is 0 Å². The van der Waals surface area contributed by atoms with E-state index in [4.69, 9.17) is 9.97 Å². The number of para-hydroxylation sites is 1. The molecule has 0 spiro atoms. The fourth-order valence-corrected chi connectivity index (χ4v) is 4.22. The average molecular weight is 386 g/mol. The number of rotatable bonds is 2. The lowest BCUT2D eigenvalue weighted by Gasteiger charge is -2.10. The number of benzene rings is 4. The van der Waals surface area contributed by atoms with Gasteiger partial charge in [-0.05, 0) is 18.4 Å². The summed E-state index contributed by atoms with van der Waals surface area (Å²) in [7, 11) is 0. The summed E-state index contributed by atoms with van der Waals surface area (Å²) in [6, 6.07) is 31.3. The Labute approximate surface area is 173 Å². The maximum absolute atomic E-state index is 4.89. The van der Waals surface area contributed by atoms with Crippen molar-refractivity contribution in [3.05, 3.63) is 96.8 Å². The van der Waals surface area contributed by atoms with Crippen molar-refractivity contribution in [3.8, 4) is 17.3 Å². The minimum atomic E-state index is 0.643. The van der Waals surface area contributed by atoms with Gasteiger partial charge in [0.15, 0.2) is 5.82 Å². The van der Waals surface area contributed by atoms with E-state index in [0.717, 1.165) is 16.6 Å². The number of aromatic nitrogens is 4. The second-order valence-electron chi connectivity index (χ2n) is 7.41. The van der Waals surface area contributed by atoms with E-state index in [1.807, 2.05) is 37.3 Å². The summed E-state index contributed by atoms with van der Waals surface area (Å²) in [6.07, 6.45) is 0. The Morgan fingerprint density at radius 1 is 0.600 bits per heavy atom. The second-order valence-corrected chi connectivity index (χ2v) is 7.41. The van der Waals surface area contributed by atoms with Crippen LogP contribution < -0.4 is 0 Å². The van der Waals surface area contributed by atoms with Crippen molar-refractivity contribution in [2.45, 2.75) is 6.92 Å². The predicted octanol–water partition coefficient (Wildman–Crippen LogP) is 6.10. The molecule has 4 heteroatoms. The Morgan fingerprint density at radius 3 is 2.20 bits per heavy atom. The van der Waals surface area contributed by atoms with Crippen molar-refractivity contribution >= 4 is 32.6 Å². The van der Waals surface area contributed by atoms with Gasteiger partial charge < -0.3 is 0 Å². The first kappa shape index (κ1) is 16.9. The number of hydrogen-bond acceptors (Lipinski definition) is 3. The highest BCUT2D eigenvalue weighted by Crippen LogP contribution is 2.35. The Kier molecular flexibility index (Phi) is 3.65. The van der Waals surface area contributed by atoms with Crippen molar-refractivity contribution in [2.24, 2.45) is 0 Å². The summed E-state index contributed by atoms with van der Waals surface area (Å²) in [5, 5.41) is 4.77. The molecule has 0 amide bonds. The molecular weight excluding hydrogens is 368 g/mol. The maximum atomic E-state index is 4.89. The summed E-state index contributed by atoms with van der Waals surface area (Å²) in [5.41, 5.74) is 3.20. The lowest BCUT2D eigenvalue weighted by molar-refractivity contribution is 0.908.